The van der Waals surface area contributed by atoms with Gasteiger partial charge in [0.2, 0.25) is 5.91 Å². The minimum Gasteiger partial charge on any atom is -0.379 e. The summed E-state index contributed by atoms with van der Waals surface area (Å²) in [4.78, 5) is 41.4. The Balaban J connectivity index is 1.72. The van der Waals surface area contributed by atoms with Crippen molar-refractivity contribution in [1.29, 1.82) is 0 Å². The number of nitrogens with zero attached hydrogens (tertiary/aromatic N) is 2. The summed E-state index contributed by atoms with van der Waals surface area (Å²) in [5.41, 5.74) is 1.08. The van der Waals surface area contributed by atoms with Crippen molar-refractivity contribution in [3.8, 4) is 11.1 Å². The van der Waals surface area contributed by atoms with Crippen molar-refractivity contribution in [1.82, 2.24) is 14.8 Å². The van der Waals surface area contributed by atoms with E-state index >= 15 is 4.39 Å². The molecule has 1 aliphatic heterocycles. The molecule has 0 radical (unpaired) electrons. The molecule has 1 aliphatic rings. The summed E-state index contributed by atoms with van der Waals surface area (Å²) in [6.45, 7) is 8.36. The van der Waals surface area contributed by atoms with Gasteiger partial charge < -0.3 is 14.6 Å². The van der Waals surface area contributed by atoms with E-state index in [1.165, 1.54) is 13.0 Å². The first-order valence-electron chi connectivity index (χ1n) is 15.6. The maximum absolute atomic E-state index is 15.7. The third kappa shape index (κ3) is 8.49. The zero-order chi connectivity index (χ0) is 34.6. The number of hydrogen-bond acceptors (Lipinski definition) is 5. The SMILES string of the molecule is CCC[C@@H](C(=O)N[C@@H](CC(C)=O)c1cc(-c2c(C)cccc2C)cc(Cl)c1F)n1cc(CCN2CC(OC)C2)c(C(F)(F)F)cc1=O. The molecule has 0 saturated carbocycles. The second-order valence-electron chi connectivity index (χ2n) is 12.2. The molecule has 1 saturated heterocycles. The molecule has 4 rings (SSSR count). The zero-order valence-electron chi connectivity index (χ0n) is 27.1. The fourth-order valence-electron chi connectivity index (χ4n) is 6.17. The normalized spacial score (nSPS) is 15.3. The number of pyridine rings is 1. The number of aromatic nitrogens is 1. The number of aryl methyl sites for hydroxylation is 2. The molecule has 1 N–H and O–H groups in total. The molecule has 1 fully saturated rings. The van der Waals surface area contributed by atoms with Crippen LogP contribution in [0.1, 0.15) is 73.0 Å². The van der Waals surface area contributed by atoms with Gasteiger partial charge >= 0.3 is 6.18 Å². The van der Waals surface area contributed by atoms with Gasteiger partial charge in [0, 0.05) is 51.0 Å². The number of ether oxygens (including phenoxy) is 1. The number of benzene rings is 2. The van der Waals surface area contributed by atoms with Crippen LogP contribution in [0.2, 0.25) is 5.02 Å². The molecule has 0 bridgehead atoms. The standard InChI is InChI=1S/C35H40ClF4N3O4/c1-6-8-30(43-17-23(11-12-42-18-25(19-42)47-5)27(16-31(43)45)35(38,39)40)34(46)41-29(13-22(4)44)26-14-24(15-28(36)33(26)37)32-20(2)9-7-10-21(32)3/h7,9-10,14-17,25,29-30H,6,8,11-13,18-19H2,1-5H3,(H,41,46)/t29-,30-/m0/s1. The summed E-state index contributed by atoms with van der Waals surface area (Å²) in [5, 5.41) is 2.53. The third-order valence-corrected chi connectivity index (χ3v) is 8.91. The van der Waals surface area contributed by atoms with Gasteiger partial charge in [-0.3, -0.25) is 19.3 Å². The maximum atomic E-state index is 15.7. The number of alkyl halides is 3. The monoisotopic (exact) mass is 677 g/mol. The van der Waals surface area contributed by atoms with E-state index in [0.717, 1.165) is 27.5 Å². The number of ketones is 1. The molecule has 3 aromatic rings. The smallest absolute Gasteiger partial charge is 0.379 e. The predicted molar refractivity (Wildman–Crippen MR) is 173 cm³/mol. The number of rotatable bonds is 13. The van der Waals surface area contributed by atoms with Crippen molar-refractivity contribution < 1.29 is 31.9 Å². The number of carbonyl (C=O) groups excluding carboxylic acids is 2. The quantitative estimate of drug-likeness (QED) is 0.197. The van der Waals surface area contributed by atoms with Gasteiger partial charge in [0.15, 0.2) is 0 Å². The molecule has 0 unspecified atom stereocenters. The van der Waals surface area contributed by atoms with Gasteiger partial charge in [-0.05, 0) is 73.6 Å². The summed E-state index contributed by atoms with van der Waals surface area (Å²) in [7, 11) is 1.57. The first-order valence-corrected chi connectivity index (χ1v) is 15.9. The summed E-state index contributed by atoms with van der Waals surface area (Å²) in [6, 6.07) is 6.88. The molecule has 1 aromatic heterocycles. The Morgan fingerprint density at radius 2 is 1.79 bits per heavy atom. The van der Waals surface area contributed by atoms with Gasteiger partial charge in [-0.25, -0.2) is 4.39 Å². The van der Waals surface area contributed by atoms with Gasteiger partial charge in [-0.15, -0.1) is 0 Å². The molecule has 12 heteroatoms. The van der Waals surface area contributed by atoms with Crippen LogP contribution in [0.3, 0.4) is 0 Å². The molecule has 1 amide bonds. The minimum absolute atomic E-state index is 0.00615. The molecular formula is C35H40ClF4N3O4. The lowest BCUT2D eigenvalue weighted by Gasteiger charge is -2.38. The number of halogens is 5. The van der Waals surface area contributed by atoms with Crippen LogP contribution in [-0.4, -0.2) is 54.0 Å². The fraction of sp³-hybridized carbons (Fsp3) is 0.457. The van der Waals surface area contributed by atoms with Crippen LogP contribution in [0.15, 0.2) is 47.4 Å². The molecular weight excluding hydrogens is 638 g/mol. The number of likely N-dealkylation sites (tertiary alicyclic amines) is 1. The predicted octanol–water partition coefficient (Wildman–Crippen LogP) is 6.99. The van der Waals surface area contributed by atoms with Crippen molar-refractivity contribution >= 4 is 23.3 Å². The van der Waals surface area contributed by atoms with Crippen LogP contribution in [0, 0.1) is 19.7 Å². The van der Waals surface area contributed by atoms with Gasteiger partial charge in [-0.2, -0.15) is 13.2 Å². The Morgan fingerprint density at radius 3 is 2.36 bits per heavy atom. The minimum atomic E-state index is -4.77. The fourth-order valence-corrected chi connectivity index (χ4v) is 6.40. The molecule has 254 valence electrons. The lowest BCUT2D eigenvalue weighted by atomic mass is 9.91. The Hall–Kier alpha value is -3.54. The number of methoxy groups -OCH3 is 1. The zero-order valence-corrected chi connectivity index (χ0v) is 27.9. The van der Waals surface area contributed by atoms with E-state index in [1.54, 1.807) is 20.1 Å². The van der Waals surface area contributed by atoms with E-state index in [2.05, 4.69) is 5.32 Å². The summed E-state index contributed by atoms with van der Waals surface area (Å²) >= 11 is 6.35. The summed E-state index contributed by atoms with van der Waals surface area (Å²) in [6.07, 6.45) is -3.41. The highest BCUT2D eigenvalue weighted by molar-refractivity contribution is 6.31. The maximum Gasteiger partial charge on any atom is 0.416 e. The molecule has 7 nitrogen and oxygen atoms in total. The van der Waals surface area contributed by atoms with E-state index in [-0.39, 0.29) is 47.3 Å². The number of amides is 1. The molecule has 47 heavy (non-hydrogen) atoms. The van der Waals surface area contributed by atoms with Crippen LogP contribution >= 0.6 is 11.6 Å². The first kappa shape index (κ1) is 36.3. The number of nitrogens with one attached hydrogen (secondary N) is 1. The van der Waals surface area contributed by atoms with Crippen LogP contribution in [0.5, 0.6) is 0 Å². The third-order valence-electron chi connectivity index (χ3n) is 8.63. The number of hydrogen-bond donors (Lipinski definition) is 1. The molecule has 0 spiro atoms. The molecule has 0 aliphatic carbocycles. The van der Waals surface area contributed by atoms with Crippen LogP contribution in [-0.2, 0) is 26.9 Å². The van der Waals surface area contributed by atoms with Crippen LogP contribution in [0.4, 0.5) is 17.6 Å². The lowest BCUT2D eigenvalue weighted by molar-refractivity contribution is -0.138. The average molecular weight is 678 g/mol. The highest BCUT2D eigenvalue weighted by Crippen LogP contribution is 2.36. The highest BCUT2D eigenvalue weighted by Gasteiger charge is 2.36. The van der Waals surface area contributed by atoms with Crippen molar-refractivity contribution in [2.45, 2.75) is 77.7 Å². The Bertz CT molecular complexity index is 1660. The van der Waals surface area contributed by atoms with E-state index in [4.69, 9.17) is 16.3 Å². The van der Waals surface area contributed by atoms with Crippen molar-refractivity contribution in [2.24, 2.45) is 0 Å². The Morgan fingerprint density at radius 1 is 1.13 bits per heavy atom. The number of carbonyl (C=O) groups is 2. The second kappa shape index (κ2) is 15.1. The van der Waals surface area contributed by atoms with Gasteiger partial charge in [-0.1, -0.05) is 43.1 Å². The van der Waals surface area contributed by atoms with Crippen molar-refractivity contribution in [2.75, 3.05) is 26.7 Å². The van der Waals surface area contributed by atoms with Crippen LogP contribution in [0.25, 0.3) is 11.1 Å². The first-order chi connectivity index (χ1) is 22.1. The average Bonchev–Trinajstić information content (AvgIpc) is 2.96. The molecule has 2 aromatic carbocycles. The van der Waals surface area contributed by atoms with Crippen molar-refractivity contribution in [3.05, 3.63) is 91.6 Å². The molecule has 2 atom stereocenters. The van der Waals surface area contributed by atoms with E-state index < -0.39 is 41.1 Å². The highest BCUT2D eigenvalue weighted by atomic mass is 35.5. The van der Waals surface area contributed by atoms with E-state index in [0.29, 0.717) is 37.7 Å². The topological polar surface area (TPSA) is 80.6 Å². The summed E-state index contributed by atoms with van der Waals surface area (Å²) in [5.74, 6) is -1.88. The lowest BCUT2D eigenvalue weighted by Crippen LogP contribution is -2.52. The second-order valence-corrected chi connectivity index (χ2v) is 12.6. The van der Waals surface area contributed by atoms with Gasteiger partial charge in [0.05, 0.1) is 22.7 Å². The van der Waals surface area contributed by atoms with Gasteiger partial charge in [0.1, 0.15) is 17.6 Å². The molecule has 2 heterocycles. The van der Waals surface area contributed by atoms with Crippen molar-refractivity contribution in [3.63, 3.8) is 0 Å². The largest absolute Gasteiger partial charge is 0.416 e. The Labute approximate surface area is 276 Å². The number of Topliss-reactive ketones (excluding diaryl/α,β-unsaturated/α-hetero) is 1. The van der Waals surface area contributed by atoms with E-state index in [9.17, 15) is 27.6 Å². The van der Waals surface area contributed by atoms with E-state index in [1.807, 2.05) is 36.9 Å². The van der Waals surface area contributed by atoms with Crippen LogP contribution < -0.4 is 10.9 Å². The summed E-state index contributed by atoms with van der Waals surface area (Å²) < 4.78 is 64.0. The van der Waals surface area contributed by atoms with Gasteiger partial charge in [0.25, 0.3) is 5.56 Å². The Kier molecular flexibility index (Phi) is 11.7.